The number of carbonyl (C=O) groups is 1. The molecule has 116 valence electrons. The highest BCUT2D eigenvalue weighted by atomic mass is 32.2. The Morgan fingerprint density at radius 1 is 1.24 bits per heavy atom. The maximum Gasteiger partial charge on any atom is 0.338 e. The van der Waals surface area contributed by atoms with Gasteiger partial charge in [0.15, 0.2) is 0 Å². The van der Waals surface area contributed by atoms with Crippen molar-refractivity contribution in [3.8, 4) is 0 Å². The summed E-state index contributed by atoms with van der Waals surface area (Å²) in [6.45, 7) is 2.31. The molecular formula is C15H21NO4S. The van der Waals surface area contributed by atoms with Crippen LogP contribution in [0.5, 0.6) is 0 Å². The second-order valence-electron chi connectivity index (χ2n) is 5.27. The zero-order valence-corrected chi connectivity index (χ0v) is 13.0. The van der Waals surface area contributed by atoms with Gasteiger partial charge in [0.2, 0.25) is 10.0 Å². The summed E-state index contributed by atoms with van der Waals surface area (Å²) in [6.07, 6.45) is 4.14. The molecule has 0 spiro atoms. The lowest BCUT2D eigenvalue weighted by Gasteiger charge is -2.13. The molecule has 21 heavy (non-hydrogen) atoms. The van der Waals surface area contributed by atoms with Crippen molar-refractivity contribution in [3.05, 3.63) is 29.8 Å². The lowest BCUT2D eigenvalue weighted by Crippen LogP contribution is -2.25. The van der Waals surface area contributed by atoms with E-state index < -0.39 is 10.0 Å². The van der Waals surface area contributed by atoms with Crippen LogP contribution in [-0.2, 0) is 14.8 Å². The van der Waals surface area contributed by atoms with Gasteiger partial charge >= 0.3 is 5.97 Å². The van der Waals surface area contributed by atoms with E-state index >= 15 is 0 Å². The predicted octanol–water partition coefficient (Wildman–Crippen LogP) is 2.94. The molecule has 0 aromatic heterocycles. The average Bonchev–Trinajstić information content (AvgIpc) is 3.00. The van der Waals surface area contributed by atoms with Gasteiger partial charge in [-0.2, -0.15) is 0 Å². The van der Waals surface area contributed by atoms with Gasteiger partial charge in [0.1, 0.15) is 0 Å². The zero-order chi connectivity index (χ0) is 15.3. The van der Waals surface area contributed by atoms with Gasteiger partial charge in [-0.05, 0) is 43.5 Å². The molecule has 1 aliphatic rings. The molecule has 0 amide bonds. The number of rotatable bonds is 6. The minimum atomic E-state index is -3.33. The molecular weight excluding hydrogens is 290 g/mol. The zero-order valence-electron chi connectivity index (χ0n) is 12.2. The molecule has 1 N–H and O–H groups in total. The molecule has 2 rings (SSSR count). The third-order valence-electron chi connectivity index (χ3n) is 3.56. The average molecular weight is 311 g/mol. The first-order valence-electron chi connectivity index (χ1n) is 7.32. The van der Waals surface area contributed by atoms with E-state index in [0.29, 0.717) is 17.9 Å². The summed E-state index contributed by atoms with van der Waals surface area (Å²) in [5.41, 5.74) is 0.904. The number of benzene rings is 1. The number of esters is 1. The Balaban J connectivity index is 2.00. The molecule has 1 aromatic rings. The highest BCUT2D eigenvalue weighted by Crippen LogP contribution is 2.26. The summed E-state index contributed by atoms with van der Waals surface area (Å²) in [5.74, 6) is -0.387. The fourth-order valence-corrected chi connectivity index (χ4v) is 3.98. The van der Waals surface area contributed by atoms with Crippen LogP contribution < -0.4 is 4.72 Å². The summed E-state index contributed by atoms with van der Waals surface area (Å²) in [7, 11) is -3.33. The van der Waals surface area contributed by atoms with Crippen molar-refractivity contribution < 1.29 is 17.9 Å². The highest BCUT2D eigenvalue weighted by Gasteiger charge is 2.28. The van der Waals surface area contributed by atoms with Gasteiger partial charge < -0.3 is 4.74 Å². The maximum atomic E-state index is 12.2. The van der Waals surface area contributed by atoms with E-state index in [1.165, 1.54) is 0 Å². The van der Waals surface area contributed by atoms with E-state index in [4.69, 9.17) is 4.74 Å². The standard InChI is InChI=1S/C15H21NO4S/c1-2-11-20-15(17)12-7-9-13(10-8-12)16-21(18,19)14-5-3-4-6-14/h7-10,14,16H,2-6,11H2,1H3. The van der Waals surface area contributed by atoms with Crippen molar-refractivity contribution in [3.63, 3.8) is 0 Å². The van der Waals surface area contributed by atoms with Crippen LogP contribution in [0.1, 0.15) is 49.4 Å². The third kappa shape index (κ3) is 4.20. The van der Waals surface area contributed by atoms with Gasteiger partial charge in [0.05, 0.1) is 17.4 Å². The van der Waals surface area contributed by atoms with Crippen LogP contribution in [0.4, 0.5) is 5.69 Å². The normalized spacial score (nSPS) is 15.9. The Hall–Kier alpha value is -1.56. The van der Waals surface area contributed by atoms with Crippen LogP contribution in [0, 0.1) is 0 Å². The van der Waals surface area contributed by atoms with Gasteiger partial charge in [-0.3, -0.25) is 4.72 Å². The first-order valence-corrected chi connectivity index (χ1v) is 8.86. The number of hydrogen-bond acceptors (Lipinski definition) is 4. The Morgan fingerprint density at radius 2 is 1.86 bits per heavy atom. The van der Waals surface area contributed by atoms with Crippen molar-refractivity contribution in [2.45, 2.75) is 44.3 Å². The van der Waals surface area contributed by atoms with Crippen LogP contribution in [0.25, 0.3) is 0 Å². The first kappa shape index (κ1) is 15.8. The largest absolute Gasteiger partial charge is 0.462 e. The summed E-state index contributed by atoms with van der Waals surface area (Å²) >= 11 is 0. The number of nitrogens with one attached hydrogen (secondary N) is 1. The van der Waals surface area contributed by atoms with Gasteiger partial charge in [0, 0.05) is 5.69 Å². The maximum absolute atomic E-state index is 12.2. The molecule has 1 fully saturated rings. The molecule has 0 saturated heterocycles. The van der Waals surface area contributed by atoms with Crippen molar-refractivity contribution in [1.29, 1.82) is 0 Å². The van der Waals surface area contributed by atoms with Crippen molar-refractivity contribution >= 4 is 21.7 Å². The lowest BCUT2D eigenvalue weighted by molar-refractivity contribution is 0.0505. The topological polar surface area (TPSA) is 72.5 Å². The van der Waals surface area contributed by atoms with Crippen LogP contribution in [-0.4, -0.2) is 26.2 Å². The van der Waals surface area contributed by atoms with E-state index in [9.17, 15) is 13.2 Å². The minimum Gasteiger partial charge on any atom is -0.462 e. The van der Waals surface area contributed by atoms with Crippen molar-refractivity contribution in [2.75, 3.05) is 11.3 Å². The van der Waals surface area contributed by atoms with Crippen molar-refractivity contribution in [1.82, 2.24) is 0 Å². The summed E-state index contributed by atoms with van der Waals surface area (Å²) in [6, 6.07) is 6.33. The number of sulfonamides is 1. The Morgan fingerprint density at radius 3 is 2.43 bits per heavy atom. The molecule has 0 bridgehead atoms. The summed E-state index contributed by atoms with van der Waals surface area (Å²) < 4.78 is 31.9. The van der Waals surface area contributed by atoms with Crippen LogP contribution >= 0.6 is 0 Å². The van der Waals surface area contributed by atoms with Crippen LogP contribution in [0.3, 0.4) is 0 Å². The van der Waals surface area contributed by atoms with E-state index in [-0.39, 0.29) is 11.2 Å². The van der Waals surface area contributed by atoms with Crippen LogP contribution in [0.15, 0.2) is 24.3 Å². The minimum absolute atomic E-state index is 0.299. The fourth-order valence-electron chi connectivity index (χ4n) is 2.40. The highest BCUT2D eigenvalue weighted by molar-refractivity contribution is 7.93. The molecule has 0 aliphatic heterocycles. The van der Waals surface area contributed by atoms with Crippen LogP contribution in [0.2, 0.25) is 0 Å². The summed E-state index contributed by atoms with van der Waals surface area (Å²) in [5, 5.41) is -0.299. The molecule has 0 radical (unpaired) electrons. The number of hydrogen-bond donors (Lipinski definition) is 1. The second kappa shape index (κ2) is 6.93. The van der Waals surface area contributed by atoms with Gasteiger partial charge in [-0.1, -0.05) is 19.8 Å². The number of anilines is 1. The van der Waals surface area contributed by atoms with Gasteiger partial charge in [0.25, 0.3) is 0 Å². The monoisotopic (exact) mass is 311 g/mol. The molecule has 6 heteroatoms. The molecule has 5 nitrogen and oxygen atoms in total. The van der Waals surface area contributed by atoms with Crippen molar-refractivity contribution in [2.24, 2.45) is 0 Å². The Labute approximate surface area is 125 Å². The lowest BCUT2D eigenvalue weighted by atomic mass is 10.2. The van der Waals surface area contributed by atoms with E-state index in [1.807, 2.05) is 6.92 Å². The molecule has 0 heterocycles. The molecule has 0 unspecified atom stereocenters. The third-order valence-corrected chi connectivity index (χ3v) is 5.43. The molecule has 1 aliphatic carbocycles. The first-order chi connectivity index (χ1) is 10.0. The van der Waals surface area contributed by atoms with E-state index in [2.05, 4.69) is 4.72 Å². The van der Waals surface area contributed by atoms with E-state index in [1.54, 1.807) is 24.3 Å². The molecule has 1 saturated carbocycles. The second-order valence-corrected chi connectivity index (χ2v) is 7.23. The Bertz CT molecular complexity index is 574. The van der Waals surface area contributed by atoms with E-state index in [0.717, 1.165) is 32.1 Å². The summed E-state index contributed by atoms with van der Waals surface area (Å²) in [4.78, 5) is 11.6. The molecule has 1 aromatic carbocycles. The number of carbonyl (C=O) groups excluding carboxylic acids is 1. The number of ether oxygens (including phenoxy) is 1. The quantitative estimate of drug-likeness (QED) is 0.820. The molecule has 0 atom stereocenters. The van der Waals surface area contributed by atoms with Gasteiger partial charge in [-0.15, -0.1) is 0 Å². The van der Waals surface area contributed by atoms with Gasteiger partial charge in [-0.25, -0.2) is 13.2 Å². The SMILES string of the molecule is CCCOC(=O)c1ccc(NS(=O)(=O)C2CCCC2)cc1. The smallest absolute Gasteiger partial charge is 0.338 e. The predicted molar refractivity (Wildman–Crippen MR) is 81.8 cm³/mol. The fraction of sp³-hybridized carbons (Fsp3) is 0.533. The Kier molecular flexibility index (Phi) is 5.22.